The number of aliphatic hydroxyl groups excluding tert-OH is 1. The number of aliphatic hydroxyl groups is 1. The Morgan fingerprint density at radius 1 is 0.979 bits per heavy atom. The Morgan fingerprint density at radius 2 is 1.69 bits per heavy atom. The van der Waals surface area contributed by atoms with E-state index in [9.17, 15) is 29.1 Å². The lowest BCUT2D eigenvalue weighted by Gasteiger charge is -2.38. The first kappa shape index (κ1) is 37.4. The fraction of sp³-hybridized carbons (Fsp3) is 0.743. The van der Waals surface area contributed by atoms with E-state index in [1.165, 1.54) is 23.5 Å². The van der Waals surface area contributed by atoms with Crippen molar-refractivity contribution in [1.29, 1.82) is 0 Å². The molecule has 13 heteroatoms. The van der Waals surface area contributed by atoms with E-state index in [1.807, 2.05) is 34.6 Å². The van der Waals surface area contributed by atoms with E-state index in [2.05, 4.69) is 31.2 Å². The second-order valence-corrected chi connectivity index (χ2v) is 14.8. The van der Waals surface area contributed by atoms with Crippen molar-refractivity contribution < 1.29 is 29.1 Å². The van der Waals surface area contributed by atoms with Crippen molar-refractivity contribution in [3.63, 3.8) is 0 Å². The molecule has 2 aliphatic carbocycles. The summed E-state index contributed by atoms with van der Waals surface area (Å²) in [7, 11) is 0. The van der Waals surface area contributed by atoms with Crippen LogP contribution < -0.4 is 21.3 Å². The van der Waals surface area contributed by atoms with Gasteiger partial charge in [0.1, 0.15) is 24.0 Å². The summed E-state index contributed by atoms with van der Waals surface area (Å²) in [6, 6.07) is -3.59. The van der Waals surface area contributed by atoms with Gasteiger partial charge in [0.2, 0.25) is 23.5 Å². The maximum absolute atomic E-state index is 14.4. The van der Waals surface area contributed by atoms with Crippen LogP contribution in [0.25, 0.3) is 0 Å². The number of carbonyl (C=O) groups is 5. The van der Waals surface area contributed by atoms with Crippen LogP contribution in [0, 0.1) is 17.3 Å². The molecule has 0 radical (unpaired) electrons. The third kappa shape index (κ3) is 9.58. The number of likely N-dealkylation sites (tertiary alicyclic amines) is 1. The van der Waals surface area contributed by atoms with Crippen molar-refractivity contribution in [2.24, 2.45) is 17.3 Å². The smallest absolute Gasteiger partial charge is 0.289 e. The summed E-state index contributed by atoms with van der Waals surface area (Å²) in [4.78, 5) is 77.8. The SMILES string of the molecule is CCC[C@H](NC(=O)[C@@H]1[C@@H](CC)CCN1C(=O)[C@H](NC(=O)[C@H](NC(O)c1cnccn1)C1CCCCC1)C(C)(C)C)C(=O)C(=O)NC1CC1. The van der Waals surface area contributed by atoms with Gasteiger partial charge in [0, 0.05) is 25.0 Å². The maximum atomic E-state index is 14.4. The number of hydrogen-bond donors (Lipinski definition) is 5. The highest BCUT2D eigenvalue weighted by atomic mass is 16.3. The first-order valence-corrected chi connectivity index (χ1v) is 17.8. The molecule has 1 unspecified atom stereocenters. The fourth-order valence-electron chi connectivity index (χ4n) is 6.99. The Hall–Kier alpha value is -3.45. The number of Topliss-reactive ketones (excluding diaryl/α,β-unsaturated/α-hetero) is 1. The van der Waals surface area contributed by atoms with Crippen LogP contribution in [0.5, 0.6) is 0 Å². The molecular formula is C35H55N7O6. The summed E-state index contributed by atoms with van der Waals surface area (Å²) in [6.07, 6.45) is 11.6. The first-order valence-electron chi connectivity index (χ1n) is 17.8. The van der Waals surface area contributed by atoms with E-state index in [4.69, 9.17) is 0 Å². The van der Waals surface area contributed by atoms with E-state index < -0.39 is 59.3 Å². The van der Waals surface area contributed by atoms with Gasteiger partial charge in [0.15, 0.2) is 0 Å². The lowest BCUT2D eigenvalue weighted by molar-refractivity contribution is -0.146. The van der Waals surface area contributed by atoms with Gasteiger partial charge < -0.3 is 26.0 Å². The van der Waals surface area contributed by atoms with Gasteiger partial charge in [-0.25, -0.2) is 0 Å². The standard InChI is InChI=1S/C35H55N7O6/c1-6-11-24(28(43)33(47)38-23-14-15-23)39-32(46)27-21(7-2)16-19-42(27)34(48)29(35(3,4)5)41-31(45)26(22-12-9-8-10-13-22)40-30(44)25-20-36-17-18-37-25/h17-18,20-24,26-27,29-30,40,44H,6-16,19H2,1-5H3,(H,38,47)(H,39,46)(H,41,45)/t21-,24-,26+,27-,29-,30?/m0/s1. The van der Waals surface area contributed by atoms with E-state index in [0.717, 1.165) is 44.9 Å². The molecule has 48 heavy (non-hydrogen) atoms. The quantitative estimate of drug-likeness (QED) is 0.138. The summed E-state index contributed by atoms with van der Waals surface area (Å²) in [5, 5.41) is 22.6. The van der Waals surface area contributed by atoms with Crippen molar-refractivity contribution >= 4 is 29.4 Å². The fourth-order valence-corrected chi connectivity index (χ4v) is 6.99. The minimum atomic E-state index is -1.23. The number of hydrogen-bond acceptors (Lipinski definition) is 9. The molecular weight excluding hydrogens is 614 g/mol. The molecule has 3 aliphatic rings. The van der Waals surface area contributed by atoms with E-state index in [1.54, 1.807) is 0 Å². The summed E-state index contributed by atoms with van der Waals surface area (Å²) in [6.45, 7) is 9.76. The van der Waals surface area contributed by atoms with Crippen LogP contribution in [-0.4, -0.2) is 86.1 Å². The van der Waals surface area contributed by atoms with Crippen LogP contribution in [0.4, 0.5) is 0 Å². The molecule has 3 fully saturated rings. The third-order valence-electron chi connectivity index (χ3n) is 9.95. The number of nitrogens with one attached hydrogen (secondary N) is 4. The van der Waals surface area contributed by atoms with Gasteiger partial charge in [-0.05, 0) is 55.8 Å². The minimum absolute atomic E-state index is 0.0135. The average molecular weight is 670 g/mol. The number of carbonyl (C=O) groups excluding carboxylic acids is 5. The number of aromatic nitrogens is 2. The van der Waals surface area contributed by atoms with Crippen molar-refractivity contribution in [3.8, 4) is 0 Å². The molecule has 2 saturated carbocycles. The molecule has 0 aromatic carbocycles. The normalized spacial score (nSPS) is 22.7. The zero-order chi connectivity index (χ0) is 35.0. The van der Waals surface area contributed by atoms with Crippen LogP contribution in [0.2, 0.25) is 0 Å². The predicted octanol–water partition coefficient (Wildman–Crippen LogP) is 2.30. The predicted molar refractivity (Wildman–Crippen MR) is 179 cm³/mol. The molecule has 6 atom stereocenters. The van der Waals surface area contributed by atoms with Gasteiger partial charge in [-0.15, -0.1) is 0 Å². The molecule has 4 rings (SSSR count). The van der Waals surface area contributed by atoms with Crippen molar-refractivity contribution in [2.75, 3.05) is 6.54 Å². The molecule has 5 N–H and O–H groups in total. The van der Waals surface area contributed by atoms with E-state index in [-0.39, 0.29) is 29.5 Å². The highest BCUT2D eigenvalue weighted by molar-refractivity contribution is 6.38. The van der Waals surface area contributed by atoms with Crippen molar-refractivity contribution in [2.45, 2.75) is 142 Å². The Morgan fingerprint density at radius 3 is 2.27 bits per heavy atom. The Bertz CT molecular complexity index is 1280. The number of ketones is 1. The van der Waals surface area contributed by atoms with E-state index >= 15 is 0 Å². The summed E-state index contributed by atoms with van der Waals surface area (Å²) in [5.74, 6) is -2.82. The zero-order valence-electron chi connectivity index (χ0n) is 29.2. The van der Waals surface area contributed by atoms with Gasteiger partial charge in [-0.1, -0.05) is 66.7 Å². The van der Waals surface area contributed by atoms with Gasteiger partial charge >= 0.3 is 0 Å². The largest absolute Gasteiger partial charge is 0.373 e. The Balaban J connectivity index is 1.53. The summed E-state index contributed by atoms with van der Waals surface area (Å²) in [5.41, 5.74) is -0.434. The monoisotopic (exact) mass is 669 g/mol. The second-order valence-electron chi connectivity index (χ2n) is 14.8. The van der Waals surface area contributed by atoms with Gasteiger partial charge in [-0.2, -0.15) is 0 Å². The van der Waals surface area contributed by atoms with E-state index in [0.29, 0.717) is 32.2 Å². The summed E-state index contributed by atoms with van der Waals surface area (Å²) < 4.78 is 0. The Kier molecular flexibility index (Phi) is 13.1. The molecule has 0 spiro atoms. The topological polar surface area (TPSA) is 183 Å². The highest BCUT2D eigenvalue weighted by Gasteiger charge is 2.47. The number of nitrogens with zero attached hydrogens (tertiary/aromatic N) is 3. The third-order valence-corrected chi connectivity index (χ3v) is 9.95. The molecule has 1 aromatic heterocycles. The summed E-state index contributed by atoms with van der Waals surface area (Å²) >= 11 is 0. The number of amides is 4. The molecule has 266 valence electrons. The first-order chi connectivity index (χ1) is 22.8. The van der Waals surface area contributed by atoms with Crippen LogP contribution in [0.1, 0.15) is 117 Å². The van der Waals surface area contributed by atoms with Crippen LogP contribution in [-0.2, 0) is 24.0 Å². The highest BCUT2D eigenvalue weighted by Crippen LogP contribution is 2.32. The molecule has 2 heterocycles. The second kappa shape index (κ2) is 16.8. The lowest BCUT2D eigenvalue weighted by Crippen LogP contribution is -2.62. The van der Waals surface area contributed by atoms with Gasteiger partial charge in [0.05, 0.1) is 18.3 Å². The molecule has 1 aliphatic heterocycles. The molecule has 4 amide bonds. The van der Waals surface area contributed by atoms with Gasteiger partial charge in [0.25, 0.3) is 5.91 Å². The lowest BCUT2D eigenvalue weighted by atomic mass is 9.82. The molecule has 1 aromatic rings. The molecule has 0 bridgehead atoms. The van der Waals surface area contributed by atoms with Crippen molar-refractivity contribution in [3.05, 3.63) is 24.3 Å². The van der Waals surface area contributed by atoms with Crippen LogP contribution in [0.15, 0.2) is 18.6 Å². The molecule has 13 nitrogen and oxygen atoms in total. The minimum Gasteiger partial charge on any atom is -0.373 e. The number of rotatable bonds is 15. The zero-order valence-corrected chi connectivity index (χ0v) is 29.2. The maximum Gasteiger partial charge on any atom is 0.289 e. The van der Waals surface area contributed by atoms with Crippen LogP contribution >= 0.6 is 0 Å². The molecule has 1 saturated heterocycles. The van der Waals surface area contributed by atoms with Gasteiger partial charge in [-0.3, -0.25) is 39.3 Å². The van der Waals surface area contributed by atoms with Crippen molar-refractivity contribution in [1.82, 2.24) is 36.1 Å². The van der Waals surface area contributed by atoms with Crippen LogP contribution in [0.3, 0.4) is 0 Å². The average Bonchev–Trinajstić information content (AvgIpc) is 3.78. The Labute approximate surface area is 284 Å².